The molecule has 1 fully saturated rings. The highest BCUT2D eigenvalue weighted by molar-refractivity contribution is 5.87. The van der Waals surface area contributed by atoms with Crippen molar-refractivity contribution in [2.75, 3.05) is 19.8 Å². The van der Waals surface area contributed by atoms with Gasteiger partial charge in [0, 0.05) is 24.9 Å². The highest BCUT2D eigenvalue weighted by Crippen LogP contribution is 2.01. The van der Waals surface area contributed by atoms with E-state index in [1.165, 1.54) is 12.5 Å². The number of H-pyrrole nitrogens is 1. The van der Waals surface area contributed by atoms with Crippen LogP contribution in [0, 0.1) is 0 Å². The lowest BCUT2D eigenvalue weighted by Gasteiger charge is -2.24. The van der Waals surface area contributed by atoms with Gasteiger partial charge in [-0.1, -0.05) is 0 Å². The summed E-state index contributed by atoms with van der Waals surface area (Å²) < 4.78 is 5.16. The third kappa shape index (κ3) is 3.76. The van der Waals surface area contributed by atoms with Crippen molar-refractivity contribution in [1.82, 2.24) is 20.6 Å². The number of aliphatic carboxylic acids is 1. The van der Waals surface area contributed by atoms with Gasteiger partial charge < -0.3 is 25.5 Å². The molecule has 1 amide bonds. The fourth-order valence-electron chi connectivity index (χ4n) is 1.82. The second-order valence-electron chi connectivity index (χ2n) is 4.26. The molecule has 0 saturated carbocycles. The first kappa shape index (κ1) is 13.5. The monoisotopic (exact) mass is 268 g/mol. The number of carbonyl (C=O) groups excluding carboxylic acids is 1. The van der Waals surface area contributed by atoms with Crippen molar-refractivity contribution in [3.63, 3.8) is 0 Å². The summed E-state index contributed by atoms with van der Waals surface area (Å²) in [7, 11) is 0. The van der Waals surface area contributed by atoms with Gasteiger partial charge >= 0.3 is 5.97 Å². The van der Waals surface area contributed by atoms with Crippen molar-refractivity contribution in [2.45, 2.75) is 18.5 Å². The molecule has 1 unspecified atom stereocenters. The van der Waals surface area contributed by atoms with Gasteiger partial charge in [0.25, 0.3) is 0 Å². The van der Waals surface area contributed by atoms with E-state index < -0.39 is 18.1 Å². The summed E-state index contributed by atoms with van der Waals surface area (Å²) in [5.41, 5.74) is 0.653. The smallest absolute Gasteiger partial charge is 0.326 e. The Morgan fingerprint density at radius 3 is 3.05 bits per heavy atom. The van der Waals surface area contributed by atoms with Crippen molar-refractivity contribution in [2.24, 2.45) is 0 Å². The second-order valence-corrected chi connectivity index (χ2v) is 4.26. The van der Waals surface area contributed by atoms with E-state index in [2.05, 4.69) is 20.6 Å². The topological polar surface area (TPSA) is 116 Å². The second kappa shape index (κ2) is 6.30. The number of nitrogens with zero attached hydrogens (tertiary/aromatic N) is 1. The fourth-order valence-corrected chi connectivity index (χ4v) is 1.82. The van der Waals surface area contributed by atoms with E-state index in [0.717, 1.165) is 0 Å². The molecule has 0 aliphatic carbocycles. The summed E-state index contributed by atoms with van der Waals surface area (Å²) in [6, 6.07) is -1.49. The molecule has 8 nitrogen and oxygen atoms in total. The van der Waals surface area contributed by atoms with E-state index in [0.29, 0.717) is 18.8 Å². The van der Waals surface area contributed by atoms with Crippen LogP contribution in [0.2, 0.25) is 0 Å². The molecule has 1 aliphatic heterocycles. The van der Waals surface area contributed by atoms with E-state index in [1.54, 1.807) is 0 Å². The third-order valence-corrected chi connectivity index (χ3v) is 2.83. The van der Waals surface area contributed by atoms with Gasteiger partial charge in [0.05, 0.1) is 19.5 Å². The van der Waals surface area contributed by atoms with Crippen LogP contribution in [0.25, 0.3) is 0 Å². The minimum Gasteiger partial charge on any atom is -0.480 e. The number of rotatable bonds is 5. The molecular weight excluding hydrogens is 252 g/mol. The predicted octanol–water partition coefficient (Wildman–Crippen LogP) is -1.49. The molecule has 1 aliphatic rings. The van der Waals surface area contributed by atoms with Crippen LogP contribution in [-0.2, 0) is 20.7 Å². The van der Waals surface area contributed by atoms with Crippen molar-refractivity contribution < 1.29 is 19.4 Å². The first-order valence-corrected chi connectivity index (χ1v) is 5.98. The summed E-state index contributed by atoms with van der Waals surface area (Å²) in [6.45, 7) is 1.39. The van der Waals surface area contributed by atoms with E-state index in [9.17, 15) is 9.59 Å². The molecule has 1 aromatic heterocycles. The minimum absolute atomic E-state index is 0.161. The molecule has 4 N–H and O–H groups in total. The first-order valence-electron chi connectivity index (χ1n) is 5.98. The number of morpholine rings is 1. The molecule has 1 aromatic rings. The number of carbonyl (C=O) groups is 2. The molecular formula is C11H16N4O4. The fraction of sp³-hybridized carbons (Fsp3) is 0.545. The van der Waals surface area contributed by atoms with E-state index in [1.807, 2.05) is 0 Å². The maximum Gasteiger partial charge on any atom is 0.326 e. The highest BCUT2D eigenvalue weighted by atomic mass is 16.5. The zero-order valence-electron chi connectivity index (χ0n) is 10.3. The molecule has 2 heterocycles. The number of carboxylic acid groups (broad SMARTS) is 1. The van der Waals surface area contributed by atoms with Gasteiger partial charge in [-0.2, -0.15) is 0 Å². The van der Waals surface area contributed by atoms with Gasteiger partial charge in [0.1, 0.15) is 12.1 Å². The average molecular weight is 268 g/mol. The van der Waals surface area contributed by atoms with Gasteiger partial charge in [0.2, 0.25) is 5.91 Å². The number of aromatic amines is 1. The van der Waals surface area contributed by atoms with Gasteiger partial charge in [-0.15, -0.1) is 0 Å². The van der Waals surface area contributed by atoms with Gasteiger partial charge in [-0.25, -0.2) is 9.78 Å². The largest absolute Gasteiger partial charge is 0.480 e. The van der Waals surface area contributed by atoms with Crippen molar-refractivity contribution in [3.05, 3.63) is 18.2 Å². The molecule has 8 heteroatoms. The Kier molecular flexibility index (Phi) is 4.48. The normalized spacial score (nSPS) is 20.7. The van der Waals surface area contributed by atoms with E-state index in [4.69, 9.17) is 9.84 Å². The van der Waals surface area contributed by atoms with Crippen LogP contribution in [0.3, 0.4) is 0 Å². The van der Waals surface area contributed by atoms with Crippen LogP contribution < -0.4 is 10.6 Å². The molecule has 104 valence electrons. The number of imidazole rings is 1. The quantitative estimate of drug-likeness (QED) is 0.517. The lowest BCUT2D eigenvalue weighted by Crippen LogP contribution is -2.55. The summed E-state index contributed by atoms with van der Waals surface area (Å²) in [5.74, 6) is -1.45. The van der Waals surface area contributed by atoms with Crippen LogP contribution in [0.5, 0.6) is 0 Å². The minimum atomic E-state index is -1.08. The maximum absolute atomic E-state index is 11.9. The zero-order chi connectivity index (χ0) is 13.7. The molecule has 0 bridgehead atoms. The lowest BCUT2D eigenvalue weighted by molar-refractivity contribution is -0.142. The number of hydrogen-bond acceptors (Lipinski definition) is 5. The Morgan fingerprint density at radius 2 is 2.47 bits per heavy atom. The van der Waals surface area contributed by atoms with E-state index >= 15 is 0 Å². The Labute approximate surface area is 109 Å². The molecule has 0 spiro atoms. The van der Waals surface area contributed by atoms with Crippen LogP contribution in [0.15, 0.2) is 12.5 Å². The molecule has 1 saturated heterocycles. The highest BCUT2D eigenvalue weighted by Gasteiger charge is 2.27. The number of ether oxygens (including phenoxy) is 1. The molecule has 2 atom stereocenters. The Bertz CT molecular complexity index is 428. The van der Waals surface area contributed by atoms with Gasteiger partial charge in [-0.05, 0) is 0 Å². The molecule has 0 aromatic carbocycles. The van der Waals surface area contributed by atoms with Crippen molar-refractivity contribution in [1.29, 1.82) is 0 Å². The lowest BCUT2D eigenvalue weighted by atomic mass is 10.1. The van der Waals surface area contributed by atoms with Crippen LogP contribution >= 0.6 is 0 Å². The van der Waals surface area contributed by atoms with E-state index in [-0.39, 0.29) is 18.9 Å². The van der Waals surface area contributed by atoms with Crippen LogP contribution in [0.1, 0.15) is 5.69 Å². The summed E-state index contributed by atoms with van der Waals surface area (Å²) in [6.07, 6.45) is 3.16. The van der Waals surface area contributed by atoms with Crippen LogP contribution in [-0.4, -0.2) is 58.8 Å². The number of nitrogens with one attached hydrogen (secondary N) is 3. The first-order chi connectivity index (χ1) is 9.16. The number of aromatic nitrogens is 2. The number of amides is 1. The zero-order valence-corrected chi connectivity index (χ0v) is 10.3. The van der Waals surface area contributed by atoms with Crippen LogP contribution in [0.4, 0.5) is 0 Å². The standard InChI is InChI=1S/C11H16N4O4/c16-10(9-5-19-2-1-13-9)15-8(11(17)18)3-7-4-12-6-14-7/h4,6,8-9,13H,1-3,5H2,(H,12,14)(H,15,16)(H,17,18)/t8-,9?/m1/s1. The number of hydrogen-bond donors (Lipinski definition) is 4. The SMILES string of the molecule is O=C(N[C@H](Cc1cnc[nH]1)C(=O)O)C1COCCN1. The Balaban J connectivity index is 1.92. The Hall–Kier alpha value is -1.93. The maximum atomic E-state index is 11.9. The Morgan fingerprint density at radius 1 is 1.63 bits per heavy atom. The molecule has 2 rings (SSSR count). The summed E-state index contributed by atoms with van der Waals surface area (Å²) >= 11 is 0. The predicted molar refractivity (Wildman–Crippen MR) is 64.5 cm³/mol. The van der Waals surface area contributed by atoms with Crippen molar-refractivity contribution >= 4 is 11.9 Å². The molecule has 19 heavy (non-hydrogen) atoms. The molecule has 0 radical (unpaired) electrons. The average Bonchev–Trinajstić information content (AvgIpc) is 2.91. The summed E-state index contributed by atoms with van der Waals surface area (Å²) in [5, 5.41) is 14.6. The third-order valence-electron chi connectivity index (χ3n) is 2.83. The van der Waals surface area contributed by atoms with Gasteiger partial charge in [-0.3, -0.25) is 4.79 Å². The number of carboxylic acids is 1. The van der Waals surface area contributed by atoms with Crippen molar-refractivity contribution in [3.8, 4) is 0 Å². The van der Waals surface area contributed by atoms with Gasteiger partial charge in [0.15, 0.2) is 0 Å². The summed E-state index contributed by atoms with van der Waals surface area (Å²) in [4.78, 5) is 29.7.